The van der Waals surface area contributed by atoms with E-state index in [1.54, 1.807) is 18.3 Å². The summed E-state index contributed by atoms with van der Waals surface area (Å²) in [5.74, 6) is 0. The van der Waals surface area contributed by atoms with Gasteiger partial charge < -0.3 is 10.2 Å². The van der Waals surface area contributed by atoms with Crippen LogP contribution in [0.5, 0.6) is 0 Å². The molecule has 0 unspecified atom stereocenters. The summed E-state index contributed by atoms with van der Waals surface area (Å²) in [6, 6.07) is 3.98. The molecule has 1 fully saturated rings. The molecule has 1 aliphatic rings. The highest BCUT2D eigenvalue weighted by Gasteiger charge is 2.26. The van der Waals surface area contributed by atoms with Gasteiger partial charge in [-0.25, -0.2) is 18.1 Å². The summed E-state index contributed by atoms with van der Waals surface area (Å²) in [6.07, 6.45) is 4.05. The van der Waals surface area contributed by atoms with Crippen LogP contribution in [-0.4, -0.2) is 51.0 Å². The van der Waals surface area contributed by atoms with Crippen LogP contribution < -0.4 is 10.0 Å². The minimum Gasteiger partial charge on any atom is -0.313 e. The van der Waals surface area contributed by atoms with Gasteiger partial charge in [0.15, 0.2) is 5.03 Å². The lowest BCUT2D eigenvalue weighted by Crippen LogP contribution is -2.34. The first-order chi connectivity index (χ1) is 10.0. The van der Waals surface area contributed by atoms with Crippen LogP contribution in [0.2, 0.25) is 0 Å². The predicted molar refractivity (Wildman–Crippen MR) is 82.5 cm³/mol. The van der Waals surface area contributed by atoms with Crippen molar-refractivity contribution in [2.75, 3.05) is 26.7 Å². The van der Waals surface area contributed by atoms with E-state index in [0.717, 1.165) is 18.7 Å². The van der Waals surface area contributed by atoms with Crippen LogP contribution in [0, 0.1) is 0 Å². The molecule has 0 spiro atoms. The molecule has 0 bridgehead atoms. The highest BCUT2D eigenvalue weighted by Crippen LogP contribution is 2.24. The highest BCUT2D eigenvalue weighted by atomic mass is 32.2. The Morgan fingerprint density at radius 1 is 1.38 bits per heavy atom. The quantitative estimate of drug-likeness (QED) is 0.697. The van der Waals surface area contributed by atoms with Crippen molar-refractivity contribution in [3.63, 3.8) is 0 Å². The maximum Gasteiger partial charge on any atom is 0.258 e. The van der Waals surface area contributed by atoms with Gasteiger partial charge in [0.05, 0.1) is 0 Å². The van der Waals surface area contributed by atoms with Crippen LogP contribution in [0.25, 0.3) is 0 Å². The summed E-state index contributed by atoms with van der Waals surface area (Å²) in [7, 11) is -1.48. The van der Waals surface area contributed by atoms with Crippen LogP contribution in [0.3, 0.4) is 0 Å². The van der Waals surface area contributed by atoms with Gasteiger partial charge in [0.2, 0.25) is 0 Å². The molecule has 118 valence electrons. The summed E-state index contributed by atoms with van der Waals surface area (Å²) in [6.45, 7) is 4.73. The Morgan fingerprint density at radius 3 is 2.71 bits per heavy atom. The molecular weight excluding hydrogens is 288 g/mol. The molecule has 1 heterocycles. The predicted octanol–water partition coefficient (Wildman–Crippen LogP) is 0.564. The molecular formula is C14H24N4O2S. The van der Waals surface area contributed by atoms with E-state index in [9.17, 15) is 8.42 Å². The topological polar surface area (TPSA) is 74.3 Å². The average Bonchev–Trinajstić information content (AvgIpc) is 3.30. The molecule has 6 nitrogen and oxygen atoms in total. The third-order valence-corrected chi connectivity index (χ3v) is 4.96. The van der Waals surface area contributed by atoms with Gasteiger partial charge in [-0.3, -0.25) is 0 Å². The van der Waals surface area contributed by atoms with Crippen molar-refractivity contribution in [2.45, 2.75) is 37.4 Å². The summed E-state index contributed by atoms with van der Waals surface area (Å²) < 4.78 is 26.8. The molecule has 7 heteroatoms. The first-order valence-electron chi connectivity index (χ1n) is 7.38. The molecule has 0 aromatic carbocycles. The Labute approximate surface area is 127 Å². The second kappa shape index (κ2) is 7.31. The van der Waals surface area contributed by atoms with Crippen molar-refractivity contribution >= 4 is 10.0 Å². The van der Waals surface area contributed by atoms with Gasteiger partial charge in [0, 0.05) is 31.9 Å². The first kappa shape index (κ1) is 16.4. The van der Waals surface area contributed by atoms with E-state index < -0.39 is 10.0 Å². The molecule has 1 aromatic heterocycles. The zero-order valence-electron chi connectivity index (χ0n) is 12.7. The lowest BCUT2D eigenvalue weighted by molar-refractivity contribution is 0.329. The lowest BCUT2D eigenvalue weighted by atomic mass is 10.3. The SMILES string of the molecule is CCNCc1ccc(S(=O)(=O)NCCN(C)C2CC2)nc1. The second-order valence-electron chi connectivity index (χ2n) is 5.39. The van der Waals surface area contributed by atoms with Crippen LogP contribution in [0.15, 0.2) is 23.4 Å². The Kier molecular flexibility index (Phi) is 5.69. The minimum absolute atomic E-state index is 0.0804. The fourth-order valence-corrected chi connectivity index (χ4v) is 3.02. The van der Waals surface area contributed by atoms with Gasteiger partial charge in [-0.05, 0) is 38.1 Å². The summed E-state index contributed by atoms with van der Waals surface area (Å²) in [5.41, 5.74) is 0.976. The van der Waals surface area contributed by atoms with Crippen LogP contribution in [0.4, 0.5) is 0 Å². The fraction of sp³-hybridized carbons (Fsp3) is 0.643. The Hall–Kier alpha value is -1.02. The highest BCUT2D eigenvalue weighted by molar-refractivity contribution is 7.89. The van der Waals surface area contributed by atoms with Gasteiger partial charge in [0.25, 0.3) is 10.0 Å². The molecule has 2 N–H and O–H groups in total. The fourth-order valence-electron chi connectivity index (χ4n) is 2.07. The van der Waals surface area contributed by atoms with Crippen molar-refractivity contribution < 1.29 is 8.42 Å². The van der Waals surface area contributed by atoms with Crippen LogP contribution >= 0.6 is 0 Å². The number of nitrogens with one attached hydrogen (secondary N) is 2. The molecule has 1 aromatic rings. The number of hydrogen-bond donors (Lipinski definition) is 2. The number of pyridine rings is 1. The van der Waals surface area contributed by atoms with Gasteiger partial charge in [-0.2, -0.15) is 0 Å². The van der Waals surface area contributed by atoms with E-state index in [2.05, 4.69) is 19.9 Å². The molecule has 1 aliphatic carbocycles. The van der Waals surface area contributed by atoms with E-state index in [1.165, 1.54) is 12.8 Å². The van der Waals surface area contributed by atoms with Crippen LogP contribution in [0.1, 0.15) is 25.3 Å². The molecule has 21 heavy (non-hydrogen) atoms. The van der Waals surface area contributed by atoms with Gasteiger partial charge >= 0.3 is 0 Å². The van der Waals surface area contributed by atoms with E-state index in [1.807, 2.05) is 14.0 Å². The number of nitrogens with zero attached hydrogens (tertiary/aromatic N) is 2. The minimum atomic E-state index is -3.51. The van der Waals surface area contributed by atoms with Gasteiger partial charge in [0.1, 0.15) is 0 Å². The smallest absolute Gasteiger partial charge is 0.258 e. The molecule has 0 radical (unpaired) electrons. The third kappa shape index (κ3) is 5.03. The van der Waals surface area contributed by atoms with Crippen molar-refractivity contribution in [1.82, 2.24) is 19.9 Å². The third-order valence-electron chi connectivity index (χ3n) is 3.58. The molecule has 0 saturated heterocycles. The Morgan fingerprint density at radius 2 is 2.14 bits per heavy atom. The maximum absolute atomic E-state index is 12.1. The molecule has 0 amide bonds. The molecule has 1 saturated carbocycles. The maximum atomic E-state index is 12.1. The summed E-state index contributed by atoms with van der Waals surface area (Å²) in [5, 5.41) is 3.26. The lowest BCUT2D eigenvalue weighted by Gasteiger charge is -2.15. The summed E-state index contributed by atoms with van der Waals surface area (Å²) in [4.78, 5) is 6.23. The van der Waals surface area contributed by atoms with Gasteiger partial charge in [-0.1, -0.05) is 13.0 Å². The Bertz CT molecular complexity index is 541. The van der Waals surface area contributed by atoms with E-state index in [0.29, 0.717) is 19.1 Å². The Balaban J connectivity index is 1.85. The molecule has 0 aliphatic heterocycles. The standard InChI is InChI=1S/C14H24N4O2S/c1-3-15-10-12-4-7-14(16-11-12)21(19,20)17-8-9-18(2)13-5-6-13/h4,7,11,13,15,17H,3,5-6,8-10H2,1-2H3. The van der Waals surface area contributed by atoms with E-state index in [4.69, 9.17) is 0 Å². The zero-order chi connectivity index (χ0) is 15.3. The number of aromatic nitrogens is 1. The number of likely N-dealkylation sites (N-methyl/N-ethyl adjacent to an activating group) is 1. The summed E-state index contributed by atoms with van der Waals surface area (Å²) >= 11 is 0. The largest absolute Gasteiger partial charge is 0.313 e. The van der Waals surface area contributed by atoms with Crippen molar-refractivity contribution in [3.8, 4) is 0 Å². The van der Waals surface area contributed by atoms with Crippen molar-refractivity contribution in [3.05, 3.63) is 23.9 Å². The zero-order valence-corrected chi connectivity index (χ0v) is 13.5. The molecule has 2 rings (SSSR count). The van der Waals surface area contributed by atoms with E-state index >= 15 is 0 Å². The second-order valence-corrected chi connectivity index (χ2v) is 7.11. The number of hydrogen-bond acceptors (Lipinski definition) is 5. The van der Waals surface area contributed by atoms with E-state index in [-0.39, 0.29) is 5.03 Å². The number of rotatable bonds is 9. The molecule has 0 atom stereocenters. The van der Waals surface area contributed by atoms with Gasteiger partial charge in [-0.15, -0.1) is 0 Å². The normalized spacial score (nSPS) is 15.6. The van der Waals surface area contributed by atoms with Crippen molar-refractivity contribution in [1.29, 1.82) is 0 Å². The van der Waals surface area contributed by atoms with Crippen molar-refractivity contribution in [2.24, 2.45) is 0 Å². The monoisotopic (exact) mass is 312 g/mol. The van der Waals surface area contributed by atoms with Crippen LogP contribution in [-0.2, 0) is 16.6 Å². The average molecular weight is 312 g/mol. The first-order valence-corrected chi connectivity index (χ1v) is 8.87. The number of sulfonamides is 1.